The minimum absolute atomic E-state index is 0.123. The van der Waals surface area contributed by atoms with E-state index >= 15 is 0 Å². The molecular formula is C18H22ClN3O3S. The lowest BCUT2D eigenvalue weighted by Gasteiger charge is -2.18. The zero-order valence-corrected chi connectivity index (χ0v) is 16.6. The smallest absolute Gasteiger partial charge is 0.253 e. The van der Waals surface area contributed by atoms with E-state index in [0.29, 0.717) is 23.6 Å². The molecule has 1 aromatic carbocycles. The molecule has 1 aliphatic heterocycles. The highest BCUT2D eigenvalue weighted by Gasteiger charge is 2.31. The van der Waals surface area contributed by atoms with Crippen LogP contribution in [-0.4, -0.2) is 47.6 Å². The van der Waals surface area contributed by atoms with E-state index in [1.54, 1.807) is 36.2 Å². The summed E-state index contributed by atoms with van der Waals surface area (Å²) in [7, 11) is -1.24. The van der Waals surface area contributed by atoms with Crippen LogP contribution in [0.3, 0.4) is 0 Å². The summed E-state index contributed by atoms with van der Waals surface area (Å²) in [5.41, 5.74) is 3.21. The molecule has 0 N–H and O–H groups in total. The number of nitrogens with zero attached hydrogens (tertiary/aromatic N) is 3. The average molecular weight is 396 g/mol. The Bertz CT molecular complexity index is 953. The number of carbonyl (C=O) groups excluding carboxylic acids is 1. The van der Waals surface area contributed by atoms with E-state index in [1.165, 1.54) is 0 Å². The van der Waals surface area contributed by atoms with Gasteiger partial charge in [-0.05, 0) is 38.5 Å². The highest BCUT2D eigenvalue weighted by atomic mass is 35.5. The molecule has 1 amide bonds. The summed E-state index contributed by atoms with van der Waals surface area (Å²) in [5, 5.41) is 5.07. The fourth-order valence-corrected chi connectivity index (χ4v) is 5.28. The maximum absolute atomic E-state index is 12.6. The predicted octanol–water partition coefficient (Wildman–Crippen LogP) is 2.79. The molecular weight excluding hydrogens is 374 g/mol. The second kappa shape index (κ2) is 7.04. The zero-order chi connectivity index (χ0) is 19.1. The lowest BCUT2D eigenvalue weighted by molar-refractivity contribution is 0.0784. The molecule has 0 saturated carbocycles. The monoisotopic (exact) mass is 395 g/mol. The molecule has 6 nitrogen and oxygen atoms in total. The van der Waals surface area contributed by atoms with Crippen LogP contribution in [0.2, 0.25) is 5.02 Å². The number of rotatable bonds is 4. The van der Waals surface area contributed by atoms with Crippen molar-refractivity contribution in [2.75, 3.05) is 18.6 Å². The highest BCUT2D eigenvalue weighted by molar-refractivity contribution is 7.91. The van der Waals surface area contributed by atoms with Gasteiger partial charge in [0.15, 0.2) is 9.84 Å². The molecule has 0 radical (unpaired) electrons. The quantitative estimate of drug-likeness (QED) is 0.797. The van der Waals surface area contributed by atoms with Crippen molar-refractivity contribution < 1.29 is 13.2 Å². The van der Waals surface area contributed by atoms with Crippen LogP contribution < -0.4 is 0 Å². The zero-order valence-electron chi connectivity index (χ0n) is 15.1. The van der Waals surface area contributed by atoms with E-state index in [2.05, 4.69) is 5.10 Å². The van der Waals surface area contributed by atoms with Gasteiger partial charge in [0.1, 0.15) is 0 Å². The molecule has 0 spiro atoms. The van der Waals surface area contributed by atoms with Crippen molar-refractivity contribution in [1.82, 2.24) is 14.7 Å². The third kappa shape index (κ3) is 3.78. The molecule has 2 aromatic rings. The van der Waals surface area contributed by atoms with E-state index in [9.17, 15) is 13.2 Å². The van der Waals surface area contributed by atoms with E-state index < -0.39 is 9.84 Å². The second-order valence-electron chi connectivity index (χ2n) is 6.82. The summed E-state index contributed by atoms with van der Waals surface area (Å²) >= 11 is 5.97. The van der Waals surface area contributed by atoms with Crippen LogP contribution in [-0.2, 0) is 16.4 Å². The van der Waals surface area contributed by atoms with E-state index in [0.717, 1.165) is 17.0 Å². The van der Waals surface area contributed by atoms with Crippen LogP contribution in [0.15, 0.2) is 24.3 Å². The molecule has 26 heavy (non-hydrogen) atoms. The van der Waals surface area contributed by atoms with Crippen molar-refractivity contribution in [3.8, 4) is 0 Å². The minimum atomic E-state index is -2.98. The van der Waals surface area contributed by atoms with Crippen molar-refractivity contribution in [3.05, 3.63) is 51.8 Å². The first-order valence-corrected chi connectivity index (χ1v) is 10.6. The first-order valence-electron chi connectivity index (χ1n) is 8.44. The Labute approximate surface area is 158 Å². The Morgan fingerprint density at radius 3 is 2.73 bits per heavy atom. The number of halogens is 1. The van der Waals surface area contributed by atoms with Crippen molar-refractivity contribution in [2.45, 2.75) is 32.9 Å². The normalized spacial score (nSPS) is 18.8. The van der Waals surface area contributed by atoms with Gasteiger partial charge in [-0.2, -0.15) is 5.10 Å². The summed E-state index contributed by atoms with van der Waals surface area (Å²) in [5.74, 6) is 0.215. The van der Waals surface area contributed by atoms with Gasteiger partial charge in [0, 0.05) is 35.4 Å². The number of amides is 1. The number of benzene rings is 1. The number of hydrogen-bond acceptors (Lipinski definition) is 4. The maximum atomic E-state index is 12.6. The first-order chi connectivity index (χ1) is 12.2. The van der Waals surface area contributed by atoms with E-state index in [4.69, 9.17) is 11.6 Å². The van der Waals surface area contributed by atoms with E-state index in [-0.39, 0.29) is 23.5 Å². The largest absolute Gasteiger partial charge is 0.337 e. The number of carbonyl (C=O) groups is 1. The molecule has 0 aliphatic carbocycles. The number of aryl methyl sites for hydroxylation is 1. The van der Waals surface area contributed by atoms with Gasteiger partial charge in [-0.1, -0.05) is 17.7 Å². The highest BCUT2D eigenvalue weighted by Crippen LogP contribution is 2.27. The third-order valence-electron chi connectivity index (χ3n) is 4.84. The molecule has 1 saturated heterocycles. The van der Waals surface area contributed by atoms with Crippen LogP contribution in [0.25, 0.3) is 0 Å². The molecule has 8 heteroatoms. The number of sulfone groups is 1. The maximum Gasteiger partial charge on any atom is 0.253 e. The van der Waals surface area contributed by atoms with Gasteiger partial charge in [-0.3, -0.25) is 9.48 Å². The Morgan fingerprint density at radius 2 is 2.12 bits per heavy atom. The lowest BCUT2D eigenvalue weighted by Crippen LogP contribution is -2.26. The van der Waals surface area contributed by atoms with Gasteiger partial charge in [0.25, 0.3) is 5.91 Å². The summed E-state index contributed by atoms with van der Waals surface area (Å²) < 4.78 is 25.3. The molecule has 0 unspecified atom stereocenters. The summed E-state index contributed by atoms with van der Waals surface area (Å²) in [6.45, 7) is 4.22. The van der Waals surface area contributed by atoms with E-state index in [1.807, 2.05) is 18.5 Å². The Balaban J connectivity index is 1.81. The van der Waals surface area contributed by atoms with Crippen LogP contribution in [0.1, 0.15) is 39.8 Å². The summed E-state index contributed by atoms with van der Waals surface area (Å²) in [6, 6.07) is 6.73. The Morgan fingerprint density at radius 1 is 1.38 bits per heavy atom. The van der Waals surface area contributed by atoms with Crippen molar-refractivity contribution >= 4 is 27.3 Å². The number of hydrogen-bond donors (Lipinski definition) is 0. The lowest BCUT2D eigenvalue weighted by atomic mass is 10.1. The van der Waals surface area contributed by atoms with Crippen molar-refractivity contribution in [3.63, 3.8) is 0 Å². The minimum Gasteiger partial charge on any atom is -0.337 e. The fourth-order valence-electron chi connectivity index (χ4n) is 3.40. The molecule has 1 atom stereocenters. The molecule has 1 aromatic heterocycles. The van der Waals surface area contributed by atoms with Gasteiger partial charge >= 0.3 is 0 Å². The average Bonchev–Trinajstić information content (AvgIpc) is 3.07. The summed E-state index contributed by atoms with van der Waals surface area (Å²) in [6.07, 6.45) is 0.584. The van der Waals surface area contributed by atoms with Gasteiger partial charge in [-0.15, -0.1) is 0 Å². The Hall–Kier alpha value is -1.86. The fraction of sp³-hybridized carbons (Fsp3) is 0.444. The van der Waals surface area contributed by atoms with Gasteiger partial charge in [0.2, 0.25) is 0 Å². The standard InChI is InChI=1S/C18H22ClN3O3S/c1-12-17(10-21(3)18(23)14-5-4-6-15(19)9-14)13(2)22(20-12)16-7-8-26(24,25)11-16/h4-6,9,16H,7-8,10-11H2,1-3H3/t16-/m0/s1. The van der Waals surface area contributed by atoms with Crippen molar-refractivity contribution in [2.24, 2.45) is 0 Å². The number of aromatic nitrogens is 2. The SMILES string of the molecule is Cc1nn([C@H]2CCS(=O)(=O)C2)c(C)c1CN(C)C(=O)c1cccc(Cl)c1. The van der Waals surface area contributed by atoms with Crippen LogP contribution in [0, 0.1) is 13.8 Å². The Kier molecular flexibility index (Phi) is 5.12. The molecule has 1 aliphatic rings. The second-order valence-corrected chi connectivity index (χ2v) is 9.49. The molecule has 140 valence electrons. The van der Waals surface area contributed by atoms with Crippen LogP contribution in [0.5, 0.6) is 0 Å². The first kappa shape index (κ1) is 18.9. The van der Waals surface area contributed by atoms with Crippen molar-refractivity contribution in [1.29, 1.82) is 0 Å². The van der Waals surface area contributed by atoms with Crippen LogP contribution in [0.4, 0.5) is 0 Å². The topological polar surface area (TPSA) is 72.3 Å². The summed E-state index contributed by atoms with van der Waals surface area (Å²) in [4.78, 5) is 14.3. The predicted molar refractivity (Wildman–Crippen MR) is 101 cm³/mol. The van der Waals surface area contributed by atoms with Gasteiger partial charge < -0.3 is 4.90 Å². The third-order valence-corrected chi connectivity index (χ3v) is 6.83. The molecule has 0 bridgehead atoms. The molecule has 2 heterocycles. The molecule has 1 fully saturated rings. The van der Waals surface area contributed by atoms with Gasteiger partial charge in [-0.25, -0.2) is 8.42 Å². The molecule has 3 rings (SSSR count). The van der Waals surface area contributed by atoms with Gasteiger partial charge in [0.05, 0.1) is 23.2 Å². The van der Waals surface area contributed by atoms with Crippen LogP contribution >= 0.6 is 11.6 Å².